The lowest BCUT2D eigenvalue weighted by Gasteiger charge is -2.27. The number of nitrogens with zero attached hydrogens (tertiary/aromatic N) is 1. The molecule has 2 fully saturated rings. The molecule has 3 aliphatic rings. The molecular weight excluding hydrogens is 242 g/mol. The topological polar surface area (TPSA) is 50.4 Å². The van der Waals surface area contributed by atoms with Gasteiger partial charge in [-0.05, 0) is 37.5 Å². The highest BCUT2D eigenvalue weighted by molar-refractivity contribution is 9.10. The zero-order valence-corrected chi connectivity index (χ0v) is 9.76. The van der Waals surface area contributed by atoms with E-state index in [1.807, 2.05) is 0 Å². The predicted octanol–water partition coefficient (Wildman–Crippen LogP) is 1.57. The van der Waals surface area contributed by atoms with Gasteiger partial charge in [-0.2, -0.15) is 5.10 Å². The van der Waals surface area contributed by atoms with E-state index < -0.39 is 0 Å². The molecule has 4 heteroatoms. The number of nitrogens with two attached hydrogens (primary N) is 1. The molecule has 2 aliphatic carbocycles. The van der Waals surface area contributed by atoms with Crippen molar-refractivity contribution in [1.82, 2.24) is 5.43 Å². The van der Waals surface area contributed by atoms with E-state index in [1.54, 1.807) is 0 Å². The van der Waals surface area contributed by atoms with Crippen molar-refractivity contribution in [2.24, 2.45) is 22.7 Å². The summed E-state index contributed by atoms with van der Waals surface area (Å²) >= 11 is 3.89. The first-order valence-corrected chi connectivity index (χ1v) is 6.25. The zero-order chi connectivity index (χ0) is 9.76. The van der Waals surface area contributed by atoms with E-state index >= 15 is 0 Å². The van der Waals surface area contributed by atoms with Crippen LogP contribution in [0, 0.1) is 11.8 Å². The Morgan fingerprint density at radius 1 is 1.50 bits per heavy atom. The van der Waals surface area contributed by atoms with Crippen molar-refractivity contribution in [1.29, 1.82) is 0 Å². The average Bonchev–Trinajstić information content (AvgIpc) is 3.02. The summed E-state index contributed by atoms with van der Waals surface area (Å²) in [5, 5.41) is 4.11. The first-order valence-electron chi connectivity index (χ1n) is 5.45. The van der Waals surface area contributed by atoms with Gasteiger partial charge in [0.2, 0.25) is 0 Å². The van der Waals surface area contributed by atoms with Crippen molar-refractivity contribution in [2.75, 3.05) is 0 Å². The molecule has 78 valence electrons. The molecule has 3 N–H and O–H groups in total. The number of amidine groups is 1. The molecule has 3 rings (SSSR count). The molecule has 0 aromatic carbocycles. The largest absolute Gasteiger partial charge is 0.386 e. The van der Waals surface area contributed by atoms with Crippen molar-refractivity contribution < 1.29 is 0 Å². The Kier molecular flexibility index (Phi) is 1.85. The molecule has 3 nitrogen and oxygen atoms in total. The SMILES string of the molecule is NC1=NNC(C(C2CC2)C2(Br)CC2)C1. The van der Waals surface area contributed by atoms with E-state index in [2.05, 4.69) is 26.5 Å². The van der Waals surface area contributed by atoms with Gasteiger partial charge in [-0.3, -0.25) is 0 Å². The van der Waals surface area contributed by atoms with E-state index in [0.29, 0.717) is 10.4 Å². The Balaban J connectivity index is 1.73. The van der Waals surface area contributed by atoms with Crippen molar-refractivity contribution in [3.63, 3.8) is 0 Å². The van der Waals surface area contributed by atoms with Gasteiger partial charge in [0.15, 0.2) is 0 Å². The van der Waals surface area contributed by atoms with Crippen molar-refractivity contribution in [3.8, 4) is 0 Å². The fraction of sp³-hybridized carbons (Fsp3) is 0.900. The van der Waals surface area contributed by atoms with E-state index in [0.717, 1.165) is 24.1 Å². The van der Waals surface area contributed by atoms with Crippen LogP contribution in [0.4, 0.5) is 0 Å². The third kappa shape index (κ3) is 1.44. The quantitative estimate of drug-likeness (QED) is 0.755. The second-order valence-corrected chi connectivity index (χ2v) is 6.52. The Hall–Kier alpha value is -0.250. The minimum Gasteiger partial charge on any atom is -0.386 e. The van der Waals surface area contributed by atoms with Crippen LogP contribution in [0.25, 0.3) is 0 Å². The Morgan fingerprint density at radius 3 is 2.64 bits per heavy atom. The second kappa shape index (κ2) is 2.87. The molecule has 0 radical (unpaired) electrons. The maximum Gasteiger partial charge on any atom is 0.121 e. The van der Waals surface area contributed by atoms with Crippen LogP contribution in [-0.2, 0) is 0 Å². The summed E-state index contributed by atoms with van der Waals surface area (Å²) in [4.78, 5) is 0. The highest BCUT2D eigenvalue weighted by Crippen LogP contribution is 2.59. The molecule has 0 spiro atoms. The molecule has 1 heterocycles. The molecule has 0 amide bonds. The predicted molar refractivity (Wildman–Crippen MR) is 60.3 cm³/mol. The van der Waals surface area contributed by atoms with E-state index in [-0.39, 0.29) is 0 Å². The van der Waals surface area contributed by atoms with Crippen LogP contribution in [0.1, 0.15) is 32.1 Å². The smallest absolute Gasteiger partial charge is 0.121 e. The molecule has 0 aromatic rings. The Morgan fingerprint density at radius 2 is 2.21 bits per heavy atom. The number of hydrazone groups is 1. The van der Waals surface area contributed by atoms with Gasteiger partial charge in [0.25, 0.3) is 0 Å². The first-order chi connectivity index (χ1) is 6.69. The standard InChI is InChI=1S/C10H16BrN3/c11-10(3-4-10)9(6-1-2-6)7-5-8(12)14-13-7/h6-7,9,13H,1-5H2,(H2,12,14). The second-order valence-electron chi connectivity index (χ2n) is 4.94. The first kappa shape index (κ1) is 9.01. The van der Waals surface area contributed by atoms with Crippen LogP contribution >= 0.6 is 15.9 Å². The molecule has 2 saturated carbocycles. The molecule has 0 saturated heterocycles. The van der Waals surface area contributed by atoms with E-state index in [4.69, 9.17) is 5.73 Å². The lowest BCUT2D eigenvalue weighted by atomic mass is 9.88. The van der Waals surface area contributed by atoms with Gasteiger partial charge in [0.1, 0.15) is 5.84 Å². The normalized spacial score (nSPS) is 36.1. The maximum atomic E-state index is 5.72. The van der Waals surface area contributed by atoms with Crippen LogP contribution in [0.2, 0.25) is 0 Å². The van der Waals surface area contributed by atoms with Gasteiger partial charge in [-0.1, -0.05) is 15.9 Å². The summed E-state index contributed by atoms with van der Waals surface area (Å²) in [7, 11) is 0. The van der Waals surface area contributed by atoms with Gasteiger partial charge in [-0.15, -0.1) is 0 Å². The molecule has 14 heavy (non-hydrogen) atoms. The number of alkyl halides is 1. The number of halogens is 1. The van der Waals surface area contributed by atoms with Gasteiger partial charge < -0.3 is 11.2 Å². The monoisotopic (exact) mass is 257 g/mol. The summed E-state index contributed by atoms with van der Waals surface area (Å²) < 4.78 is 0.423. The minimum absolute atomic E-state index is 0.423. The fourth-order valence-corrected chi connectivity index (χ4v) is 3.60. The van der Waals surface area contributed by atoms with Crippen LogP contribution < -0.4 is 11.2 Å². The van der Waals surface area contributed by atoms with E-state index in [9.17, 15) is 0 Å². The number of hydrogen-bond donors (Lipinski definition) is 2. The fourth-order valence-electron chi connectivity index (χ4n) is 2.71. The van der Waals surface area contributed by atoms with Crippen LogP contribution in [0.15, 0.2) is 5.10 Å². The Bertz CT molecular complexity index is 281. The minimum atomic E-state index is 0.423. The third-order valence-electron chi connectivity index (χ3n) is 3.69. The molecular formula is C10H16BrN3. The van der Waals surface area contributed by atoms with Crippen molar-refractivity contribution >= 4 is 21.8 Å². The van der Waals surface area contributed by atoms with E-state index in [1.165, 1.54) is 25.7 Å². The molecule has 0 bridgehead atoms. The lowest BCUT2D eigenvalue weighted by molar-refractivity contribution is 0.326. The lowest BCUT2D eigenvalue weighted by Crippen LogP contribution is -2.38. The van der Waals surface area contributed by atoms with Gasteiger partial charge >= 0.3 is 0 Å². The molecule has 2 unspecified atom stereocenters. The highest BCUT2D eigenvalue weighted by atomic mass is 79.9. The number of hydrogen-bond acceptors (Lipinski definition) is 3. The average molecular weight is 258 g/mol. The summed E-state index contributed by atoms with van der Waals surface area (Å²) in [6.07, 6.45) is 6.39. The molecule has 0 aromatic heterocycles. The van der Waals surface area contributed by atoms with Crippen molar-refractivity contribution in [2.45, 2.75) is 42.5 Å². The summed E-state index contributed by atoms with van der Waals surface area (Å²) in [6.45, 7) is 0. The maximum absolute atomic E-state index is 5.72. The van der Waals surface area contributed by atoms with Gasteiger partial charge in [0, 0.05) is 10.7 Å². The van der Waals surface area contributed by atoms with Crippen LogP contribution in [0.5, 0.6) is 0 Å². The van der Waals surface area contributed by atoms with Crippen LogP contribution in [0.3, 0.4) is 0 Å². The molecule has 2 atom stereocenters. The summed E-state index contributed by atoms with van der Waals surface area (Å²) in [5.41, 5.74) is 8.93. The number of rotatable bonds is 3. The van der Waals surface area contributed by atoms with Crippen molar-refractivity contribution in [3.05, 3.63) is 0 Å². The van der Waals surface area contributed by atoms with Crippen LogP contribution in [-0.4, -0.2) is 16.2 Å². The zero-order valence-electron chi connectivity index (χ0n) is 8.17. The summed E-state index contributed by atoms with van der Waals surface area (Å²) in [6, 6.07) is 0.490. The highest BCUT2D eigenvalue weighted by Gasteiger charge is 2.56. The summed E-state index contributed by atoms with van der Waals surface area (Å²) in [5.74, 6) is 2.43. The number of nitrogens with one attached hydrogen (secondary N) is 1. The van der Waals surface area contributed by atoms with Gasteiger partial charge in [-0.25, -0.2) is 0 Å². The molecule has 1 aliphatic heterocycles. The third-order valence-corrected chi connectivity index (χ3v) is 5.01. The van der Waals surface area contributed by atoms with Gasteiger partial charge in [0.05, 0.1) is 6.04 Å². The Labute approximate surface area is 92.6 Å².